The van der Waals surface area contributed by atoms with E-state index < -0.39 is 16.6 Å². The molecule has 1 amide bonds. The zero-order valence-corrected chi connectivity index (χ0v) is 18.9. The van der Waals surface area contributed by atoms with Crippen molar-refractivity contribution in [3.8, 4) is 0 Å². The van der Waals surface area contributed by atoms with E-state index in [0.717, 1.165) is 0 Å². The number of furan rings is 1. The second-order valence-corrected chi connectivity index (χ2v) is 7.93. The van der Waals surface area contributed by atoms with Gasteiger partial charge in [0.2, 0.25) is 0 Å². The number of amides is 1. The summed E-state index contributed by atoms with van der Waals surface area (Å²) in [5, 5.41) is 14.4. The third-order valence-electron chi connectivity index (χ3n) is 5.28. The van der Waals surface area contributed by atoms with E-state index in [1.807, 2.05) is 25.1 Å². The molecule has 0 radical (unpaired) electrons. The number of ketones is 1. The molecule has 0 aliphatic rings. The summed E-state index contributed by atoms with van der Waals surface area (Å²) in [6, 6.07) is 14.1. The average molecular weight is 450 g/mol. The van der Waals surface area contributed by atoms with Crippen LogP contribution in [-0.4, -0.2) is 56.2 Å². The number of likely N-dealkylation sites (N-methyl/N-ethyl adjacent to an activating group) is 1. The number of hydrogen-bond donors (Lipinski definition) is 1. The normalized spacial score (nSPS) is 11.8. The van der Waals surface area contributed by atoms with Gasteiger partial charge in [-0.1, -0.05) is 18.2 Å². The molecule has 0 fully saturated rings. The molecule has 1 atom stereocenters. The first kappa shape index (κ1) is 23.7. The van der Waals surface area contributed by atoms with Gasteiger partial charge in [0.15, 0.2) is 5.78 Å². The fraction of sp³-hybridized carbons (Fsp3) is 0.250. The number of carbonyl (C=O) groups excluding carboxylic acids is 2. The monoisotopic (exact) mass is 450 g/mol. The third-order valence-corrected chi connectivity index (χ3v) is 5.28. The zero-order chi connectivity index (χ0) is 24.1. The minimum Gasteiger partial charge on any atom is -0.468 e. The Morgan fingerprint density at radius 3 is 2.30 bits per heavy atom. The lowest BCUT2D eigenvalue weighted by molar-refractivity contribution is -0.384. The summed E-state index contributed by atoms with van der Waals surface area (Å²) in [7, 11) is 7.13. The quantitative estimate of drug-likeness (QED) is 0.302. The molecule has 3 rings (SSSR count). The van der Waals surface area contributed by atoms with E-state index in [9.17, 15) is 19.7 Å². The van der Waals surface area contributed by atoms with Crippen LogP contribution in [0.4, 0.5) is 11.4 Å². The number of nitro benzene ring substituents is 1. The standard InChI is InChI=1S/C24H26N4O5/c1-26(2)19-12-11-16(14-20(19)28(31)32)23(29)17-8-5-6-9-18(17)24(30)25-15-21(27(3)4)22-10-7-13-33-22/h5-14,21H,15H2,1-4H3,(H,25,30). The van der Waals surface area contributed by atoms with Crippen molar-refractivity contribution in [3.63, 3.8) is 0 Å². The first-order chi connectivity index (χ1) is 15.7. The van der Waals surface area contributed by atoms with Gasteiger partial charge in [0.05, 0.1) is 22.8 Å². The van der Waals surface area contributed by atoms with Crippen molar-refractivity contribution in [2.24, 2.45) is 0 Å². The molecular formula is C24H26N4O5. The fourth-order valence-electron chi connectivity index (χ4n) is 3.53. The maximum Gasteiger partial charge on any atom is 0.293 e. The second-order valence-electron chi connectivity index (χ2n) is 7.93. The molecule has 172 valence electrons. The van der Waals surface area contributed by atoms with Gasteiger partial charge in [-0.2, -0.15) is 0 Å². The smallest absolute Gasteiger partial charge is 0.293 e. The second kappa shape index (κ2) is 10.1. The van der Waals surface area contributed by atoms with Crippen LogP contribution in [0.25, 0.3) is 0 Å². The molecule has 3 aromatic rings. The van der Waals surface area contributed by atoms with Crippen LogP contribution in [0.3, 0.4) is 0 Å². The summed E-state index contributed by atoms with van der Waals surface area (Å²) >= 11 is 0. The van der Waals surface area contributed by atoms with Crippen molar-refractivity contribution >= 4 is 23.1 Å². The molecular weight excluding hydrogens is 424 g/mol. The van der Waals surface area contributed by atoms with Gasteiger partial charge < -0.3 is 14.6 Å². The Hall–Kier alpha value is -3.98. The van der Waals surface area contributed by atoms with Gasteiger partial charge in [0.25, 0.3) is 11.6 Å². The maximum atomic E-state index is 13.2. The number of nitrogens with zero attached hydrogens (tertiary/aromatic N) is 3. The average Bonchev–Trinajstić information content (AvgIpc) is 3.32. The predicted molar refractivity (Wildman–Crippen MR) is 125 cm³/mol. The van der Waals surface area contributed by atoms with Gasteiger partial charge in [0, 0.05) is 37.8 Å². The van der Waals surface area contributed by atoms with Crippen molar-refractivity contribution in [1.82, 2.24) is 10.2 Å². The van der Waals surface area contributed by atoms with Crippen LogP contribution < -0.4 is 10.2 Å². The first-order valence-electron chi connectivity index (χ1n) is 10.3. The number of anilines is 1. The Bertz CT molecular complexity index is 1160. The minimum atomic E-state index is -0.527. The van der Waals surface area contributed by atoms with Crippen molar-refractivity contribution < 1.29 is 18.9 Å². The molecule has 2 aromatic carbocycles. The fourth-order valence-corrected chi connectivity index (χ4v) is 3.53. The summed E-state index contributed by atoms with van der Waals surface area (Å²) in [6.07, 6.45) is 1.57. The van der Waals surface area contributed by atoms with Crippen LogP contribution in [-0.2, 0) is 0 Å². The van der Waals surface area contributed by atoms with Crippen LogP contribution in [0.2, 0.25) is 0 Å². The zero-order valence-electron chi connectivity index (χ0n) is 18.9. The Balaban J connectivity index is 1.87. The van der Waals surface area contributed by atoms with Crippen molar-refractivity contribution in [3.05, 3.63) is 93.4 Å². The molecule has 9 nitrogen and oxygen atoms in total. The van der Waals surface area contributed by atoms with Gasteiger partial charge in [-0.15, -0.1) is 0 Å². The SMILES string of the molecule is CN(C)c1ccc(C(=O)c2ccccc2C(=O)NCC(c2ccco2)N(C)C)cc1[N+](=O)[O-]. The molecule has 33 heavy (non-hydrogen) atoms. The van der Waals surface area contributed by atoms with Crippen molar-refractivity contribution in [1.29, 1.82) is 0 Å². The van der Waals surface area contributed by atoms with Crippen LogP contribution in [0, 0.1) is 10.1 Å². The Kier molecular flexibility index (Phi) is 7.24. The van der Waals surface area contributed by atoms with E-state index in [-0.39, 0.29) is 35.0 Å². The molecule has 1 aromatic heterocycles. The Morgan fingerprint density at radius 1 is 1.03 bits per heavy atom. The lowest BCUT2D eigenvalue weighted by Gasteiger charge is -2.22. The molecule has 0 aliphatic carbocycles. The number of rotatable bonds is 9. The summed E-state index contributed by atoms with van der Waals surface area (Å²) in [5.41, 5.74) is 0.699. The molecule has 9 heteroatoms. The third kappa shape index (κ3) is 5.27. The number of nitro groups is 1. The largest absolute Gasteiger partial charge is 0.468 e. The van der Waals surface area contributed by atoms with Crippen molar-refractivity contribution in [2.75, 3.05) is 39.6 Å². The topological polar surface area (TPSA) is 109 Å². The van der Waals surface area contributed by atoms with Gasteiger partial charge in [-0.25, -0.2) is 0 Å². The predicted octanol–water partition coefficient (Wildman–Crippen LogP) is 3.52. The Labute approximate surface area is 191 Å². The highest BCUT2D eigenvalue weighted by atomic mass is 16.6. The van der Waals surface area contributed by atoms with E-state index in [1.54, 1.807) is 55.6 Å². The molecule has 0 spiro atoms. The summed E-state index contributed by atoms with van der Waals surface area (Å²) in [6.45, 7) is 0.269. The number of nitrogens with one attached hydrogen (secondary N) is 1. The van der Waals surface area contributed by atoms with Crippen molar-refractivity contribution in [2.45, 2.75) is 6.04 Å². The molecule has 1 heterocycles. The number of hydrogen-bond acceptors (Lipinski definition) is 7. The van der Waals surface area contributed by atoms with Gasteiger partial charge >= 0.3 is 0 Å². The summed E-state index contributed by atoms with van der Waals surface area (Å²) in [4.78, 5) is 40.7. The highest BCUT2D eigenvalue weighted by Gasteiger charge is 2.24. The lowest BCUT2D eigenvalue weighted by Crippen LogP contribution is -2.35. The van der Waals surface area contributed by atoms with Crippen LogP contribution in [0.1, 0.15) is 38.1 Å². The van der Waals surface area contributed by atoms with E-state index in [0.29, 0.717) is 11.4 Å². The van der Waals surface area contributed by atoms with E-state index in [1.165, 1.54) is 18.2 Å². The molecule has 0 aliphatic heterocycles. The number of carbonyl (C=O) groups is 2. The minimum absolute atomic E-state index is 0.134. The van der Waals surface area contributed by atoms with E-state index >= 15 is 0 Å². The Morgan fingerprint density at radius 2 is 1.73 bits per heavy atom. The first-order valence-corrected chi connectivity index (χ1v) is 10.3. The van der Waals surface area contributed by atoms with Crippen LogP contribution in [0.15, 0.2) is 65.3 Å². The molecule has 0 bridgehead atoms. The van der Waals surface area contributed by atoms with Gasteiger partial charge in [0.1, 0.15) is 11.4 Å². The molecule has 0 saturated heterocycles. The molecule has 0 saturated carbocycles. The van der Waals surface area contributed by atoms with E-state index in [4.69, 9.17) is 4.42 Å². The lowest BCUT2D eigenvalue weighted by atomic mass is 9.97. The highest BCUT2D eigenvalue weighted by molar-refractivity contribution is 6.15. The highest BCUT2D eigenvalue weighted by Crippen LogP contribution is 2.29. The molecule has 1 N–H and O–H groups in total. The summed E-state index contributed by atoms with van der Waals surface area (Å²) in [5.74, 6) is -0.181. The maximum absolute atomic E-state index is 13.2. The summed E-state index contributed by atoms with van der Waals surface area (Å²) < 4.78 is 5.47. The van der Waals surface area contributed by atoms with E-state index in [2.05, 4.69) is 5.32 Å². The van der Waals surface area contributed by atoms with Gasteiger partial charge in [-0.05, 0) is 44.4 Å². The number of benzene rings is 2. The van der Waals surface area contributed by atoms with Crippen LogP contribution >= 0.6 is 0 Å². The molecule has 1 unspecified atom stereocenters. The van der Waals surface area contributed by atoms with Gasteiger partial charge in [-0.3, -0.25) is 24.6 Å². The van der Waals surface area contributed by atoms with Crippen LogP contribution in [0.5, 0.6) is 0 Å².